The summed E-state index contributed by atoms with van der Waals surface area (Å²) >= 11 is 0. The molecule has 1 aromatic carbocycles. The van der Waals surface area contributed by atoms with Crippen LogP contribution in [0, 0.1) is 0 Å². The van der Waals surface area contributed by atoms with Crippen LogP contribution in [0.2, 0.25) is 0 Å². The van der Waals surface area contributed by atoms with Crippen LogP contribution in [-0.2, 0) is 19.3 Å². The highest BCUT2D eigenvalue weighted by Gasteiger charge is 2.03. The Kier molecular flexibility index (Phi) is 6.27. The molecule has 0 aliphatic rings. The largest absolute Gasteiger partial charge is 0.245 e. The summed E-state index contributed by atoms with van der Waals surface area (Å²) in [5.74, 6) is 0.572. The number of hydrazone groups is 1. The summed E-state index contributed by atoms with van der Waals surface area (Å²) in [6.07, 6.45) is 4.07. The Morgan fingerprint density at radius 3 is 2.13 bits per heavy atom. The van der Waals surface area contributed by atoms with Crippen molar-refractivity contribution in [2.75, 3.05) is 5.43 Å². The van der Waals surface area contributed by atoms with Gasteiger partial charge in [-0.3, -0.25) is 0 Å². The van der Waals surface area contributed by atoms with E-state index in [1.54, 1.807) is 0 Å². The molecule has 1 N–H and O–H groups in total. The van der Waals surface area contributed by atoms with Gasteiger partial charge in [-0.05, 0) is 43.4 Å². The molecule has 0 aliphatic heterocycles. The van der Waals surface area contributed by atoms with E-state index in [0.29, 0.717) is 5.95 Å². The second-order valence-corrected chi connectivity index (χ2v) is 5.64. The predicted octanol–water partition coefficient (Wildman–Crippen LogP) is 4.39. The molecule has 0 fully saturated rings. The topological polar surface area (TPSA) is 50.2 Å². The first-order chi connectivity index (χ1) is 11.2. The smallest absolute Gasteiger partial charge is 0.243 e. The SMILES string of the molecule is CCCc1ccc(C(C)=NNc2nc(CC)cc(CC)n2)cc1. The molecule has 0 spiro atoms. The van der Waals surface area contributed by atoms with Crippen LogP contribution in [0.15, 0.2) is 35.4 Å². The summed E-state index contributed by atoms with van der Waals surface area (Å²) in [4.78, 5) is 8.95. The molecular formula is C19H26N4. The molecule has 0 unspecified atom stereocenters. The van der Waals surface area contributed by atoms with Crippen molar-refractivity contribution in [3.05, 3.63) is 52.8 Å². The van der Waals surface area contributed by atoms with Gasteiger partial charge in [0.1, 0.15) is 0 Å². The van der Waals surface area contributed by atoms with Gasteiger partial charge >= 0.3 is 0 Å². The fourth-order valence-electron chi connectivity index (χ4n) is 2.37. The van der Waals surface area contributed by atoms with Gasteiger partial charge in [0.15, 0.2) is 0 Å². The molecule has 0 amide bonds. The van der Waals surface area contributed by atoms with Crippen molar-refractivity contribution in [3.63, 3.8) is 0 Å². The number of rotatable bonds is 7. The van der Waals surface area contributed by atoms with Crippen molar-refractivity contribution in [3.8, 4) is 0 Å². The Bertz CT molecular complexity index is 637. The molecular weight excluding hydrogens is 284 g/mol. The molecule has 0 atom stereocenters. The molecule has 0 radical (unpaired) electrons. The fourth-order valence-corrected chi connectivity index (χ4v) is 2.37. The molecule has 23 heavy (non-hydrogen) atoms. The molecule has 4 nitrogen and oxygen atoms in total. The van der Waals surface area contributed by atoms with E-state index >= 15 is 0 Å². The minimum Gasteiger partial charge on any atom is -0.245 e. The highest BCUT2D eigenvalue weighted by molar-refractivity contribution is 5.99. The van der Waals surface area contributed by atoms with Crippen LogP contribution in [0.3, 0.4) is 0 Å². The Morgan fingerprint density at radius 1 is 1.00 bits per heavy atom. The maximum atomic E-state index is 4.47. The Labute approximate surface area is 139 Å². The van der Waals surface area contributed by atoms with Gasteiger partial charge < -0.3 is 0 Å². The van der Waals surface area contributed by atoms with E-state index in [0.717, 1.165) is 41.9 Å². The average molecular weight is 310 g/mol. The Hall–Kier alpha value is -2.23. The molecule has 2 rings (SSSR count). The van der Waals surface area contributed by atoms with Crippen LogP contribution < -0.4 is 5.43 Å². The normalized spacial score (nSPS) is 11.6. The van der Waals surface area contributed by atoms with E-state index in [1.807, 2.05) is 13.0 Å². The number of nitrogens with zero attached hydrogens (tertiary/aromatic N) is 3. The van der Waals surface area contributed by atoms with E-state index in [1.165, 1.54) is 12.0 Å². The summed E-state index contributed by atoms with van der Waals surface area (Å²) in [7, 11) is 0. The molecule has 4 heteroatoms. The molecule has 122 valence electrons. The third-order valence-electron chi connectivity index (χ3n) is 3.79. The quantitative estimate of drug-likeness (QED) is 0.609. The maximum Gasteiger partial charge on any atom is 0.243 e. The highest BCUT2D eigenvalue weighted by atomic mass is 15.4. The maximum absolute atomic E-state index is 4.47. The van der Waals surface area contributed by atoms with Gasteiger partial charge in [-0.1, -0.05) is 51.5 Å². The first-order valence-electron chi connectivity index (χ1n) is 8.42. The van der Waals surface area contributed by atoms with E-state index in [9.17, 15) is 0 Å². The van der Waals surface area contributed by atoms with Gasteiger partial charge in [0.05, 0.1) is 5.71 Å². The Morgan fingerprint density at radius 2 is 1.61 bits per heavy atom. The zero-order chi connectivity index (χ0) is 16.7. The number of benzene rings is 1. The number of nitrogens with one attached hydrogen (secondary N) is 1. The zero-order valence-electron chi connectivity index (χ0n) is 14.6. The van der Waals surface area contributed by atoms with Crippen molar-refractivity contribution < 1.29 is 0 Å². The van der Waals surface area contributed by atoms with Crippen LogP contribution in [0.4, 0.5) is 5.95 Å². The lowest BCUT2D eigenvalue weighted by Crippen LogP contribution is -2.05. The van der Waals surface area contributed by atoms with E-state index in [-0.39, 0.29) is 0 Å². The van der Waals surface area contributed by atoms with Crippen LogP contribution in [0.25, 0.3) is 0 Å². The van der Waals surface area contributed by atoms with Crippen LogP contribution in [0.5, 0.6) is 0 Å². The number of aromatic nitrogens is 2. The molecule has 0 bridgehead atoms. The predicted molar refractivity (Wildman–Crippen MR) is 97.1 cm³/mol. The summed E-state index contributed by atoms with van der Waals surface area (Å²) in [6.45, 7) is 8.38. The van der Waals surface area contributed by atoms with Crippen LogP contribution >= 0.6 is 0 Å². The van der Waals surface area contributed by atoms with Gasteiger partial charge in [-0.25, -0.2) is 15.4 Å². The summed E-state index contributed by atoms with van der Waals surface area (Å²) in [5, 5.41) is 4.43. The third-order valence-corrected chi connectivity index (χ3v) is 3.79. The van der Waals surface area contributed by atoms with Crippen molar-refractivity contribution in [2.24, 2.45) is 5.10 Å². The number of hydrogen-bond donors (Lipinski definition) is 1. The summed E-state index contributed by atoms with van der Waals surface area (Å²) < 4.78 is 0. The van der Waals surface area contributed by atoms with Crippen LogP contribution in [-0.4, -0.2) is 15.7 Å². The lowest BCUT2D eigenvalue weighted by molar-refractivity contribution is 0.921. The lowest BCUT2D eigenvalue weighted by Gasteiger charge is -2.07. The first-order valence-corrected chi connectivity index (χ1v) is 8.42. The second-order valence-electron chi connectivity index (χ2n) is 5.64. The van der Waals surface area contributed by atoms with Gasteiger partial charge in [0.25, 0.3) is 0 Å². The lowest BCUT2D eigenvalue weighted by atomic mass is 10.1. The number of aryl methyl sites for hydroxylation is 3. The fraction of sp³-hybridized carbons (Fsp3) is 0.421. The molecule has 1 aromatic heterocycles. The van der Waals surface area contributed by atoms with Crippen LogP contribution in [0.1, 0.15) is 56.6 Å². The van der Waals surface area contributed by atoms with E-state index < -0.39 is 0 Å². The molecule has 0 saturated carbocycles. The van der Waals surface area contributed by atoms with Gasteiger partial charge in [-0.15, -0.1) is 0 Å². The first kappa shape index (κ1) is 17.1. The molecule has 0 aliphatic carbocycles. The summed E-state index contributed by atoms with van der Waals surface area (Å²) in [5.41, 5.74) is 8.48. The summed E-state index contributed by atoms with van der Waals surface area (Å²) in [6, 6.07) is 10.6. The standard InChI is InChI=1S/C19H26N4/c1-5-8-15-9-11-16(12-10-15)14(4)22-23-19-20-17(6-2)13-18(7-3)21-19/h9-13H,5-8H2,1-4H3,(H,20,21,23). The third kappa shape index (κ3) is 4.88. The Balaban J connectivity index is 2.12. The second kappa shape index (κ2) is 8.42. The van der Waals surface area contributed by atoms with Crippen molar-refractivity contribution >= 4 is 11.7 Å². The van der Waals surface area contributed by atoms with E-state index in [4.69, 9.17) is 0 Å². The zero-order valence-corrected chi connectivity index (χ0v) is 14.6. The van der Waals surface area contributed by atoms with E-state index in [2.05, 4.69) is 65.5 Å². The highest BCUT2D eigenvalue weighted by Crippen LogP contribution is 2.10. The minimum absolute atomic E-state index is 0.572. The van der Waals surface area contributed by atoms with Gasteiger partial charge in [0.2, 0.25) is 5.95 Å². The molecule has 1 heterocycles. The molecule has 2 aromatic rings. The monoisotopic (exact) mass is 310 g/mol. The molecule has 0 saturated heterocycles. The van der Waals surface area contributed by atoms with Crippen molar-refractivity contribution in [1.29, 1.82) is 0 Å². The number of anilines is 1. The van der Waals surface area contributed by atoms with Crippen molar-refractivity contribution in [1.82, 2.24) is 9.97 Å². The van der Waals surface area contributed by atoms with Gasteiger partial charge in [-0.2, -0.15) is 5.10 Å². The van der Waals surface area contributed by atoms with Gasteiger partial charge in [0, 0.05) is 11.4 Å². The minimum atomic E-state index is 0.572. The van der Waals surface area contributed by atoms with Crippen molar-refractivity contribution in [2.45, 2.75) is 53.4 Å². The average Bonchev–Trinajstić information content (AvgIpc) is 2.60. The number of hydrogen-bond acceptors (Lipinski definition) is 4.